The Balaban J connectivity index is 4.02. The van der Waals surface area contributed by atoms with Crippen LogP contribution in [0, 0.1) is 16.7 Å². The molecule has 0 aliphatic rings. The van der Waals surface area contributed by atoms with Crippen molar-refractivity contribution in [3.8, 4) is 0 Å². The Morgan fingerprint density at radius 3 is 1.38 bits per heavy atom. The second-order valence-corrected chi connectivity index (χ2v) is 6.39. The Morgan fingerprint density at radius 2 is 1.14 bits per heavy atom. The van der Waals surface area contributed by atoms with Crippen LogP contribution in [0.25, 0.3) is 0 Å². The van der Waals surface area contributed by atoms with Crippen LogP contribution in [0.15, 0.2) is 0 Å². The minimum atomic E-state index is -0.660. The van der Waals surface area contributed by atoms with Gasteiger partial charge in [0.25, 0.3) is 0 Å². The fourth-order valence-electron chi connectivity index (χ4n) is 1.41. The average Bonchev–Trinajstić information content (AvgIpc) is 2.52. The van der Waals surface area contributed by atoms with Gasteiger partial charge in [-0.1, -0.05) is 13.8 Å². The molecule has 0 fully saturated rings. The number of rotatable bonds is 13. The lowest BCUT2D eigenvalue weighted by molar-refractivity contribution is -0.0515. The molecule has 0 spiro atoms. The van der Waals surface area contributed by atoms with Gasteiger partial charge in [-0.05, 0) is 6.54 Å². The normalized spacial score (nSPS) is 13.1. The van der Waals surface area contributed by atoms with Gasteiger partial charge in [-0.3, -0.25) is 0 Å². The third-order valence-electron chi connectivity index (χ3n) is 3.47. The van der Waals surface area contributed by atoms with Gasteiger partial charge < -0.3 is 35.6 Å². The Kier molecular flexibility index (Phi) is 10.3. The van der Waals surface area contributed by atoms with Gasteiger partial charge in [0.1, 0.15) is 0 Å². The van der Waals surface area contributed by atoms with Crippen LogP contribution in [0.3, 0.4) is 0 Å². The monoisotopic (exact) mass is 309 g/mol. The van der Waals surface area contributed by atoms with E-state index in [1.54, 1.807) is 13.8 Å². The molecule has 0 aliphatic carbocycles. The molecular formula is C14H31NO6. The predicted molar refractivity (Wildman–Crippen MR) is 78.7 cm³/mol. The van der Waals surface area contributed by atoms with Crippen molar-refractivity contribution in [3.63, 3.8) is 0 Å². The highest BCUT2D eigenvalue weighted by Gasteiger charge is 2.25. The lowest BCUT2D eigenvalue weighted by atomic mass is 9.94. The summed E-state index contributed by atoms with van der Waals surface area (Å²) in [5.41, 5.74) is 4.32. The summed E-state index contributed by atoms with van der Waals surface area (Å²) in [5.74, 6) is -0.0201. The van der Waals surface area contributed by atoms with Crippen LogP contribution in [0.5, 0.6) is 0 Å². The highest BCUT2D eigenvalue weighted by molar-refractivity contribution is 4.73. The maximum Gasteiger partial charge on any atom is 0.0564 e. The van der Waals surface area contributed by atoms with Crippen LogP contribution < -0.4 is 5.73 Å². The number of hydrogen-bond donors (Lipinski definition) is 5. The summed E-state index contributed by atoms with van der Waals surface area (Å²) in [6.07, 6.45) is 0. The smallest absolute Gasteiger partial charge is 0.0564 e. The number of aliphatic hydroxyl groups excluding tert-OH is 4. The lowest BCUT2D eigenvalue weighted by Gasteiger charge is -2.27. The maximum atomic E-state index is 9.16. The minimum absolute atomic E-state index is 0.0201. The highest BCUT2D eigenvalue weighted by atomic mass is 16.5. The van der Waals surface area contributed by atoms with Crippen LogP contribution >= 0.6 is 0 Å². The van der Waals surface area contributed by atoms with Crippen LogP contribution in [-0.4, -0.2) is 79.8 Å². The van der Waals surface area contributed by atoms with E-state index in [0.29, 0.717) is 19.8 Å². The van der Waals surface area contributed by atoms with E-state index in [4.69, 9.17) is 35.6 Å². The fraction of sp³-hybridized carbons (Fsp3) is 1.00. The molecule has 0 aromatic carbocycles. The van der Waals surface area contributed by atoms with Crippen molar-refractivity contribution in [1.29, 1.82) is 0 Å². The average molecular weight is 309 g/mol. The van der Waals surface area contributed by atoms with Crippen molar-refractivity contribution in [3.05, 3.63) is 0 Å². The maximum absolute atomic E-state index is 9.16. The van der Waals surface area contributed by atoms with Gasteiger partial charge >= 0.3 is 0 Å². The molecule has 0 saturated heterocycles. The summed E-state index contributed by atoms with van der Waals surface area (Å²) in [7, 11) is 0. The van der Waals surface area contributed by atoms with Crippen molar-refractivity contribution >= 4 is 0 Å². The van der Waals surface area contributed by atoms with E-state index in [0.717, 1.165) is 0 Å². The minimum Gasteiger partial charge on any atom is -0.396 e. The molecule has 7 heteroatoms. The van der Waals surface area contributed by atoms with E-state index < -0.39 is 10.8 Å². The van der Waals surface area contributed by atoms with Crippen molar-refractivity contribution < 1.29 is 29.9 Å². The molecule has 0 aliphatic heterocycles. The highest BCUT2D eigenvalue weighted by Crippen LogP contribution is 2.16. The third-order valence-corrected chi connectivity index (χ3v) is 3.47. The van der Waals surface area contributed by atoms with Crippen molar-refractivity contribution in [2.75, 3.05) is 59.4 Å². The van der Waals surface area contributed by atoms with Crippen molar-refractivity contribution in [2.24, 2.45) is 22.5 Å². The molecule has 0 heterocycles. The topological polar surface area (TPSA) is 125 Å². The summed E-state index contributed by atoms with van der Waals surface area (Å²) in [6.45, 7) is 4.42. The standard InChI is InChI=1S/C14H31NO6/c1-13(6-16,7-17)10-20-4-12(3-15)5-21-11-14(2,8-18)9-19/h12,16-19H,3-11,15H2,1-2H3. The molecule has 0 aromatic heterocycles. The molecule has 0 saturated carbocycles. The number of ether oxygens (including phenoxy) is 2. The van der Waals surface area contributed by atoms with E-state index in [1.165, 1.54) is 0 Å². The molecule has 0 atom stereocenters. The quantitative estimate of drug-likeness (QED) is 0.282. The van der Waals surface area contributed by atoms with Gasteiger partial charge in [-0.2, -0.15) is 0 Å². The Hall–Kier alpha value is -0.280. The molecular weight excluding hydrogens is 278 g/mol. The number of hydrogen-bond acceptors (Lipinski definition) is 7. The van der Waals surface area contributed by atoms with Crippen LogP contribution in [0.4, 0.5) is 0 Å². The molecule has 0 radical (unpaired) electrons. The van der Waals surface area contributed by atoms with Gasteiger partial charge in [0.05, 0.1) is 52.9 Å². The van der Waals surface area contributed by atoms with E-state index >= 15 is 0 Å². The molecule has 128 valence electrons. The molecule has 0 amide bonds. The van der Waals surface area contributed by atoms with E-state index in [2.05, 4.69) is 0 Å². The zero-order chi connectivity index (χ0) is 16.4. The van der Waals surface area contributed by atoms with E-state index in [9.17, 15) is 0 Å². The van der Waals surface area contributed by atoms with Gasteiger partial charge in [0.15, 0.2) is 0 Å². The number of nitrogens with two attached hydrogens (primary N) is 1. The molecule has 7 nitrogen and oxygen atoms in total. The largest absolute Gasteiger partial charge is 0.396 e. The van der Waals surface area contributed by atoms with E-state index in [1.807, 2.05) is 0 Å². The third kappa shape index (κ3) is 8.06. The molecule has 0 bridgehead atoms. The first-order chi connectivity index (χ1) is 9.88. The van der Waals surface area contributed by atoms with Gasteiger partial charge in [0, 0.05) is 16.7 Å². The van der Waals surface area contributed by atoms with Crippen LogP contribution in [-0.2, 0) is 9.47 Å². The fourth-order valence-corrected chi connectivity index (χ4v) is 1.41. The van der Waals surface area contributed by atoms with Gasteiger partial charge in [-0.15, -0.1) is 0 Å². The van der Waals surface area contributed by atoms with Gasteiger partial charge in [0.2, 0.25) is 0 Å². The molecule has 21 heavy (non-hydrogen) atoms. The first-order valence-electron chi connectivity index (χ1n) is 7.17. The molecule has 0 aromatic rings. The molecule has 0 unspecified atom stereocenters. The molecule has 0 rings (SSSR count). The molecule has 6 N–H and O–H groups in total. The van der Waals surface area contributed by atoms with Crippen molar-refractivity contribution in [1.82, 2.24) is 0 Å². The van der Waals surface area contributed by atoms with Crippen molar-refractivity contribution in [2.45, 2.75) is 13.8 Å². The number of aliphatic hydroxyl groups is 4. The SMILES string of the molecule is CC(CO)(CO)COCC(CN)COCC(C)(CO)CO. The Bertz CT molecular complexity index is 232. The first-order valence-corrected chi connectivity index (χ1v) is 7.17. The van der Waals surface area contributed by atoms with Crippen LogP contribution in [0.1, 0.15) is 13.8 Å². The zero-order valence-corrected chi connectivity index (χ0v) is 13.1. The van der Waals surface area contributed by atoms with Gasteiger partial charge in [-0.25, -0.2) is 0 Å². The lowest BCUT2D eigenvalue weighted by Crippen LogP contribution is -2.35. The zero-order valence-electron chi connectivity index (χ0n) is 13.1. The predicted octanol–water partition coefficient (Wildman–Crippen LogP) is -1.42. The van der Waals surface area contributed by atoms with E-state index in [-0.39, 0.29) is 45.6 Å². The second kappa shape index (κ2) is 10.4. The van der Waals surface area contributed by atoms with Crippen LogP contribution in [0.2, 0.25) is 0 Å². The summed E-state index contributed by atoms with van der Waals surface area (Å²) >= 11 is 0. The Morgan fingerprint density at radius 1 is 0.810 bits per heavy atom. The summed E-state index contributed by atoms with van der Waals surface area (Å²) in [6, 6.07) is 0. The summed E-state index contributed by atoms with van der Waals surface area (Å²) < 4.78 is 11.0. The first kappa shape index (κ1) is 20.7. The summed E-state index contributed by atoms with van der Waals surface area (Å²) in [4.78, 5) is 0. The Labute approximate surface area is 126 Å². The second-order valence-electron chi connectivity index (χ2n) is 6.39. The summed E-state index contributed by atoms with van der Waals surface area (Å²) in [5, 5.41) is 36.6.